The molecular formula is C19H17ClF3N3O2. The standard InChI is InChI=1S/C19H16F3N3O2.ClH/c20-14-3-1-2-4-16(14)26-10-12-5-7-13(8-6-12)17-24-18(27-25-17)15-9-19(21,22)11-23-15;/h1-8,15,23H,9-11H2;1H. The number of rotatable bonds is 5. The van der Waals surface area contributed by atoms with Gasteiger partial charge in [-0.2, -0.15) is 4.98 Å². The Morgan fingerprint density at radius 1 is 1.14 bits per heavy atom. The second-order valence-corrected chi connectivity index (χ2v) is 6.37. The Hall–Kier alpha value is -2.58. The Kier molecular flexibility index (Phi) is 5.90. The first-order valence-electron chi connectivity index (χ1n) is 8.42. The van der Waals surface area contributed by atoms with Crippen molar-refractivity contribution < 1.29 is 22.4 Å². The van der Waals surface area contributed by atoms with Gasteiger partial charge in [-0.25, -0.2) is 13.2 Å². The molecule has 0 amide bonds. The fraction of sp³-hybridized carbons (Fsp3) is 0.263. The molecule has 1 aromatic heterocycles. The van der Waals surface area contributed by atoms with Crippen molar-refractivity contribution in [2.75, 3.05) is 6.54 Å². The number of alkyl halides is 2. The monoisotopic (exact) mass is 411 g/mol. The van der Waals surface area contributed by atoms with Gasteiger partial charge < -0.3 is 9.26 Å². The summed E-state index contributed by atoms with van der Waals surface area (Å²) in [5, 5.41) is 6.54. The van der Waals surface area contributed by atoms with Gasteiger partial charge in [0.2, 0.25) is 11.7 Å². The highest BCUT2D eigenvalue weighted by Crippen LogP contribution is 2.33. The summed E-state index contributed by atoms with van der Waals surface area (Å²) in [4.78, 5) is 4.21. The van der Waals surface area contributed by atoms with E-state index in [1.807, 2.05) is 0 Å². The molecule has 1 fully saturated rings. The van der Waals surface area contributed by atoms with Gasteiger partial charge in [-0.15, -0.1) is 12.4 Å². The molecule has 1 N–H and O–H groups in total. The van der Waals surface area contributed by atoms with E-state index in [1.165, 1.54) is 6.07 Å². The number of nitrogens with one attached hydrogen (secondary N) is 1. The second kappa shape index (κ2) is 8.20. The molecule has 1 aliphatic heterocycles. The molecule has 0 aliphatic carbocycles. The van der Waals surface area contributed by atoms with Crippen LogP contribution in [0.1, 0.15) is 23.9 Å². The average Bonchev–Trinajstić information content (AvgIpc) is 3.28. The summed E-state index contributed by atoms with van der Waals surface area (Å²) in [6.07, 6.45) is -0.360. The van der Waals surface area contributed by atoms with Crippen molar-refractivity contribution in [2.24, 2.45) is 0 Å². The van der Waals surface area contributed by atoms with E-state index in [0.29, 0.717) is 11.4 Å². The highest BCUT2D eigenvalue weighted by atomic mass is 35.5. The van der Waals surface area contributed by atoms with Crippen molar-refractivity contribution in [1.82, 2.24) is 15.5 Å². The van der Waals surface area contributed by atoms with Crippen LogP contribution in [0.3, 0.4) is 0 Å². The molecule has 0 radical (unpaired) electrons. The predicted molar refractivity (Wildman–Crippen MR) is 98.0 cm³/mol. The summed E-state index contributed by atoms with van der Waals surface area (Å²) in [6, 6.07) is 12.7. The Labute approximate surface area is 165 Å². The summed E-state index contributed by atoms with van der Waals surface area (Å²) in [5.74, 6) is -2.53. The first-order valence-corrected chi connectivity index (χ1v) is 8.42. The number of hydrogen-bond donors (Lipinski definition) is 1. The van der Waals surface area contributed by atoms with Crippen LogP contribution in [0, 0.1) is 5.82 Å². The lowest BCUT2D eigenvalue weighted by Crippen LogP contribution is -2.19. The van der Waals surface area contributed by atoms with E-state index in [0.717, 1.165) is 5.56 Å². The molecule has 28 heavy (non-hydrogen) atoms. The minimum Gasteiger partial charge on any atom is -0.486 e. The third kappa shape index (κ3) is 4.45. The molecule has 0 saturated carbocycles. The van der Waals surface area contributed by atoms with Gasteiger partial charge >= 0.3 is 0 Å². The summed E-state index contributed by atoms with van der Waals surface area (Å²) < 4.78 is 50.7. The molecule has 1 aliphatic rings. The maximum atomic E-state index is 13.6. The summed E-state index contributed by atoms with van der Waals surface area (Å²) in [6.45, 7) is -0.189. The Morgan fingerprint density at radius 2 is 1.89 bits per heavy atom. The normalized spacial score (nSPS) is 17.9. The largest absolute Gasteiger partial charge is 0.486 e. The van der Waals surface area contributed by atoms with E-state index in [2.05, 4.69) is 15.5 Å². The van der Waals surface area contributed by atoms with Crippen molar-refractivity contribution in [3.05, 3.63) is 65.8 Å². The van der Waals surface area contributed by atoms with Crippen molar-refractivity contribution in [2.45, 2.75) is 25.0 Å². The molecule has 1 unspecified atom stereocenters. The molecule has 148 valence electrons. The van der Waals surface area contributed by atoms with E-state index in [9.17, 15) is 13.2 Å². The van der Waals surface area contributed by atoms with Crippen molar-refractivity contribution in [1.29, 1.82) is 0 Å². The van der Waals surface area contributed by atoms with Gasteiger partial charge in [0.25, 0.3) is 5.92 Å². The summed E-state index contributed by atoms with van der Waals surface area (Å²) >= 11 is 0. The first-order chi connectivity index (χ1) is 13.0. The van der Waals surface area contributed by atoms with Crippen LogP contribution >= 0.6 is 12.4 Å². The molecule has 9 heteroatoms. The maximum absolute atomic E-state index is 13.6. The number of para-hydroxylation sites is 1. The van der Waals surface area contributed by atoms with E-state index < -0.39 is 24.3 Å². The molecule has 1 atom stereocenters. The minimum atomic E-state index is -2.76. The third-order valence-electron chi connectivity index (χ3n) is 4.29. The Morgan fingerprint density at radius 3 is 2.57 bits per heavy atom. The summed E-state index contributed by atoms with van der Waals surface area (Å²) in [5.41, 5.74) is 1.52. The van der Waals surface area contributed by atoms with Crippen LogP contribution in [0.2, 0.25) is 0 Å². The van der Waals surface area contributed by atoms with Gasteiger partial charge in [0.05, 0.1) is 12.6 Å². The van der Waals surface area contributed by atoms with Gasteiger partial charge in [0.15, 0.2) is 11.6 Å². The van der Waals surface area contributed by atoms with Crippen LogP contribution in [-0.4, -0.2) is 22.6 Å². The van der Waals surface area contributed by atoms with E-state index in [4.69, 9.17) is 9.26 Å². The van der Waals surface area contributed by atoms with Gasteiger partial charge in [0, 0.05) is 12.0 Å². The molecule has 4 rings (SSSR count). The van der Waals surface area contributed by atoms with Gasteiger partial charge in [-0.1, -0.05) is 41.6 Å². The molecule has 0 spiro atoms. The van der Waals surface area contributed by atoms with Crippen LogP contribution in [0.15, 0.2) is 53.1 Å². The van der Waals surface area contributed by atoms with Crippen LogP contribution in [0.5, 0.6) is 5.75 Å². The first kappa shape index (κ1) is 20.2. The van der Waals surface area contributed by atoms with Crippen molar-refractivity contribution in [3.8, 4) is 17.1 Å². The predicted octanol–water partition coefficient (Wildman–Crippen LogP) is 4.55. The fourth-order valence-corrected chi connectivity index (χ4v) is 2.86. The number of nitrogens with zero attached hydrogens (tertiary/aromatic N) is 2. The third-order valence-corrected chi connectivity index (χ3v) is 4.29. The average molecular weight is 412 g/mol. The fourth-order valence-electron chi connectivity index (χ4n) is 2.86. The Balaban J connectivity index is 0.00000225. The maximum Gasteiger partial charge on any atom is 0.262 e. The zero-order valence-electron chi connectivity index (χ0n) is 14.6. The topological polar surface area (TPSA) is 60.2 Å². The molecule has 2 heterocycles. The number of benzene rings is 2. The van der Waals surface area contributed by atoms with E-state index >= 15 is 0 Å². The van der Waals surface area contributed by atoms with Crippen molar-refractivity contribution >= 4 is 12.4 Å². The van der Waals surface area contributed by atoms with Gasteiger partial charge in [0.1, 0.15) is 6.61 Å². The lowest BCUT2D eigenvalue weighted by atomic mass is 10.1. The van der Waals surface area contributed by atoms with Gasteiger partial charge in [-0.05, 0) is 17.7 Å². The molecule has 5 nitrogen and oxygen atoms in total. The summed E-state index contributed by atoms with van der Waals surface area (Å²) in [7, 11) is 0. The molecule has 1 saturated heterocycles. The van der Waals surface area contributed by atoms with E-state index in [1.54, 1.807) is 42.5 Å². The number of hydrogen-bond acceptors (Lipinski definition) is 5. The SMILES string of the molecule is Cl.Fc1ccccc1OCc1ccc(-c2noc(C3CC(F)(F)CN3)n2)cc1. The number of halogens is 4. The van der Waals surface area contributed by atoms with Crippen LogP contribution < -0.4 is 10.1 Å². The smallest absolute Gasteiger partial charge is 0.262 e. The Bertz CT molecular complexity index is 934. The van der Waals surface area contributed by atoms with Gasteiger partial charge in [-0.3, -0.25) is 5.32 Å². The lowest BCUT2D eigenvalue weighted by molar-refractivity contribution is 0.0200. The van der Waals surface area contributed by atoms with Crippen LogP contribution in [-0.2, 0) is 6.61 Å². The van der Waals surface area contributed by atoms with Crippen LogP contribution in [0.4, 0.5) is 13.2 Å². The molecule has 0 bridgehead atoms. The minimum absolute atomic E-state index is 0. The highest BCUT2D eigenvalue weighted by molar-refractivity contribution is 5.85. The number of aromatic nitrogens is 2. The molecule has 3 aromatic rings. The van der Waals surface area contributed by atoms with E-state index in [-0.39, 0.29) is 37.1 Å². The zero-order chi connectivity index (χ0) is 18.9. The lowest BCUT2D eigenvalue weighted by Gasteiger charge is -2.07. The zero-order valence-corrected chi connectivity index (χ0v) is 15.4. The molecule has 2 aromatic carbocycles. The number of ether oxygens (including phenoxy) is 1. The van der Waals surface area contributed by atoms with Crippen molar-refractivity contribution in [3.63, 3.8) is 0 Å². The second-order valence-electron chi connectivity index (χ2n) is 6.37. The molecular weight excluding hydrogens is 395 g/mol. The highest BCUT2D eigenvalue weighted by Gasteiger charge is 2.42. The van der Waals surface area contributed by atoms with Crippen LogP contribution in [0.25, 0.3) is 11.4 Å². The quantitative estimate of drug-likeness (QED) is 0.667.